The average molecular weight is 408 g/mol. The maximum absolute atomic E-state index is 12.5. The zero-order valence-corrected chi connectivity index (χ0v) is 16.3. The van der Waals surface area contributed by atoms with E-state index in [1.165, 1.54) is 0 Å². The standard InChI is InChI=1S/C19H26BrN3O2/c1-14-12-16(4-5-17(14)20)21-18(24)13-22-10-6-15(7-11-22)19(25)23-8-2-3-9-23/h4-5,12,15H,2-3,6-11,13H2,1H3,(H,21,24). The molecular weight excluding hydrogens is 382 g/mol. The van der Waals surface area contributed by atoms with Crippen molar-refractivity contribution < 1.29 is 9.59 Å². The quantitative estimate of drug-likeness (QED) is 0.834. The Balaban J connectivity index is 1.44. The highest BCUT2D eigenvalue weighted by molar-refractivity contribution is 9.10. The van der Waals surface area contributed by atoms with Crippen molar-refractivity contribution in [3.05, 3.63) is 28.2 Å². The minimum atomic E-state index is 0.00559. The van der Waals surface area contributed by atoms with E-state index in [0.717, 1.165) is 67.6 Å². The molecule has 0 aromatic heterocycles. The Morgan fingerprint density at radius 2 is 1.84 bits per heavy atom. The summed E-state index contributed by atoms with van der Waals surface area (Å²) in [4.78, 5) is 28.9. The Morgan fingerprint density at radius 3 is 2.48 bits per heavy atom. The molecule has 0 aliphatic carbocycles. The second-order valence-corrected chi connectivity index (χ2v) is 7.95. The zero-order valence-electron chi connectivity index (χ0n) is 14.8. The number of halogens is 1. The fourth-order valence-electron chi connectivity index (χ4n) is 3.66. The monoisotopic (exact) mass is 407 g/mol. The molecule has 0 unspecified atom stereocenters. The van der Waals surface area contributed by atoms with E-state index in [0.29, 0.717) is 12.5 Å². The molecule has 0 atom stereocenters. The van der Waals surface area contributed by atoms with Crippen LogP contribution < -0.4 is 5.32 Å². The van der Waals surface area contributed by atoms with Crippen molar-refractivity contribution in [3.8, 4) is 0 Å². The summed E-state index contributed by atoms with van der Waals surface area (Å²) in [5, 5.41) is 2.96. The first-order chi connectivity index (χ1) is 12.0. The molecule has 2 heterocycles. The summed E-state index contributed by atoms with van der Waals surface area (Å²) in [6.07, 6.45) is 4.00. The van der Waals surface area contributed by atoms with Crippen LogP contribution in [0.15, 0.2) is 22.7 Å². The number of benzene rings is 1. The van der Waals surface area contributed by atoms with Crippen LogP contribution >= 0.6 is 15.9 Å². The van der Waals surface area contributed by atoms with Gasteiger partial charge in [0.1, 0.15) is 0 Å². The number of nitrogens with zero attached hydrogens (tertiary/aromatic N) is 2. The molecule has 0 saturated carbocycles. The largest absolute Gasteiger partial charge is 0.342 e. The van der Waals surface area contributed by atoms with E-state index < -0.39 is 0 Å². The number of piperidine rings is 1. The van der Waals surface area contributed by atoms with Crippen molar-refractivity contribution in [2.75, 3.05) is 38.0 Å². The Labute approximate surface area is 157 Å². The van der Waals surface area contributed by atoms with Gasteiger partial charge in [-0.05, 0) is 69.5 Å². The van der Waals surface area contributed by atoms with Gasteiger partial charge < -0.3 is 10.2 Å². The highest BCUT2D eigenvalue weighted by Gasteiger charge is 2.30. The van der Waals surface area contributed by atoms with Gasteiger partial charge in [-0.25, -0.2) is 0 Å². The number of carbonyl (C=O) groups excluding carboxylic acids is 2. The number of hydrogen-bond donors (Lipinski definition) is 1. The average Bonchev–Trinajstić information content (AvgIpc) is 3.13. The highest BCUT2D eigenvalue weighted by atomic mass is 79.9. The number of anilines is 1. The van der Waals surface area contributed by atoms with E-state index in [-0.39, 0.29) is 11.8 Å². The van der Waals surface area contributed by atoms with E-state index in [9.17, 15) is 9.59 Å². The summed E-state index contributed by atoms with van der Waals surface area (Å²) >= 11 is 3.46. The minimum absolute atomic E-state index is 0.00559. The Morgan fingerprint density at radius 1 is 1.16 bits per heavy atom. The second kappa shape index (κ2) is 8.32. The molecule has 5 nitrogen and oxygen atoms in total. The van der Waals surface area contributed by atoms with Crippen LogP contribution in [0.4, 0.5) is 5.69 Å². The molecule has 136 valence electrons. The Bertz CT molecular complexity index is 636. The minimum Gasteiger partial charge on any atom is -0.342 e. The second-order valence-electron chi connectivity index (χ2n) is 7.09. The summed E-state index contributed by atoms with van der Waals surface area (Å²) in [7, 11) is 0. The third-order valence-corrected chi connectivity index (χ3v) is 6.05. The van der Waals surface area contributed by atoms with Crippen molar-refractivity contribution in [2.24, 2.45) is 5.92 Å². The number of hydrogen-bond acceptors (Lipinski definition) is 3. The lowest BCUT2D eigenvalue weighted by Crippen LogP contribution is -2.43. The number of carbonyl (C=O) groups is 2. The summed E-state index contributed by atoms with van der Waals surface area (Å²) in [5.74, 6) is 0.476. The van der Waals surface area contributed by atoms with E-state index >= 15 is 0 Å². The van der Waals surface area contributed by atoms with Crippen molar-refractivity contribution in [1.82, 2.24) is 9.80 Å². The summed E-state index contributed by atoms with van der Waals surface area (Å²) < 4.78 is 1.04. The first-order valence-corrected chi connectivity index (χ1v) is 9.89. The molecule has 2 aliphatic heterocycles. The van der Waals surface area contributed by atoms with Gasteiger partial charge in [-0.15, -0.1) is 0 Å². The lowest BCUT2D eigenvalue weighted by Gasteiger charge is -2.32. The number of rotatable bonds is 4. The van der Waals surface area contributed by atoms with Gasteiger partial charge >= 0.3 is 0 Å². The van der Waals surface area contributed by atoms with Crippen molar-refractivity contribution in [3.63, 3.8) is 0 Å². The van der Waals surface area contributed by atoms with Gasteiger partial charge in [-0.1, -0.05) is 15.9 Å². The molecule has 2 amide bonds. The summed E-state index contributed by atoms with van der Waals surface area (Å²) in [5.41, 5.74) is 1.92. The molecule has 3 rings (SSSR count). The maximum atomic E-state index is 12.5. The van der Waals surface area contributed by atoms with E-state index in [1.807, 2.05) is 30.0 Å². The molecular formula is C19H26BrN3O2. The van der Waals surface area contributed by atoms with Crippen LogP contribution in [0.1, 0.15) is 31.2 Å². The molecule has 0 spiro atoms. The van der Waals surface area contributed by atoms with Gasteiger partial charge in [-0.2, -0.15) is 0 Å². The normalized spacial score (nSPS) is 19.2. The van der Waals surface area contributed by atoms with Crippen LogP contribution in [0.3, 0.4) is 0 Å². The van der Waals surface area contributed by atoms with E-state index in [1.54, 1.807) is 0 Å². The Kier molecular flexibility index (Phi) is 6.12. The van der Waals surface area contributed by atoms with Gasteiger partial charge in [0.15, 0.2) is 0 Å². The van der Waals surface area contributed by atoms with Crippen molar-refractivity contribution >= 4 is 33.4 Å². The van der Waals surface area contributed by atoms with Crippen molar-refractivity contribution in [1.29, 1.82) is 0 Å². The first-order valence-electron chi connectivity index (χ1n) is 9.10. The lowest BCUT2D eigenvalue weighted by molar-refractivity contribution is -0.136. The van der Waals surface area contributed by atoms with E-state index in [2.05, 4.69) is 26.1 Å². The van der Waals surface area contributed by atoms with Gasteiger partial charge in [0.2, 0.25) is 11.8 Å². The molecule has 1 aromatic rings. The fourth-order valence-corrected chi connectivity index (χ4v) is 3.91. The number of likely N-dealkylation sites (tertiary alicyclic amines) is 2. The highest BCUT2D eigenvalue weighted by Crippen LogP contribution is 2.23. The topological polar surface area (TPSA) is 52.7 Å². The predicted octanol–water partition coefficient (Wildman–Crippen LogP) is 3.03. The van der Waals surface area contributed by atoms with Crippen LogP contribution in [0.2, 0.25) is 0 Å². The molecule has 2 saturated heterocycles. The SMILES string of the molecule is Cc1cc(NC(=O)CN2CCC(C(=O)N3CCCC3)CC2)ccc1Br. The molecule has 0 radical (unpaired) electrons. The molecule has 25 heavy (non-hydrogen) atoms. The third kappa shape index (κ3) is 4.82. The zero-order chi connectivity index (χ0) is 17.8. The van der Waals surface area contributed by atoms with Crippen LogP contribution in [-0.4, -0.2) is 54.3 Å². The van der Waals surface area contributed by atoms with Gasteiger partial charge in [0, 0.05) is 29.2 Å². The van der Waals surface area contributed by atoms with Crippen LogP contribution in [0, 0.1) is 12.8 Å². The van der Waals surface area contributed by atoms with Crippen molar-refractivity contribution in [2.45, 2.75) is 32.6 Å². The molecule has 0 bridgehead atoms. The van der Waals surface area contributed by atoms with Crippen LogP contribution in [-0.2, 0) is 9.59 Å². The van der Waals surface area contributed by atoms with Crippen LogP contribution in [0.25, 0.3) is 0 Å². The molecule has 1 aromatic carbocycles. The third-order valence-electron chi connectivity index (χ3n) is 5.16. The van der Waals surface area contributed by atoms with Crippen LogP contribution in [0.5, 0.6) is 0 Å². The molecule has 2 fully saturated rings. The summed E-state index contributed by atoms with van der Waals surface area (Å²) in [6.45, 7) is 5.87. The fraction of sp³-hybridized carbons (Fsp3) is 0.579. The van der Waals surface area contributed by atoms with Gasteiger partial charge in [-0.3, -0.25) is 14.5 Å². The summed E-state index contributed by atoms with van der Waals surface area (Å²) in [6, 6.07) is 5.80. The number of nitrogens with one attached hydrogen (secondary N) is 1. The number of amides is 2. The molecule has 1 N–H and O–H groups in total. The predicted molar refractivity (Wildman–Crippen MR) is 102 cm³/mol. The van der Waals surface area contributed by atoms with Gasteiger partial charge in [0.25, 0.3) is 0 Å². The number of aryl methyl sites for hydroxylation is 1. The van der Waals surface area contributed by atoms with E-state index in [4.69, 9.17) is 0 Å². The first kappa shape index (κ1) is 18.4. The molecule has 6 heteroatoms. The Hall–Kier alpha value is -1.40. The molecule has 2 aliphatic rings. The maximum Gasteiger partial charge on any atom is 0.238 e. The smallest absolute Gasteiger partial charge is 0.238 e. The van der Waals surface area contributed by atoms with Gasteiger partial charge in [0.05, 0.1) is 6.54 Å². The lowest BCUT2D eigenvalue weighted by atomic mass is 9.95.